The molecule has 98 valence electrons. The van der Waals surface area contributed by atoms with E-state index in [0.717, 1.165) is 0 Å². The summed E-state index contributed by atoms with van der Waals surface area (Å²) < 4.78 is 20.2. The largest absolute Gasteiger partial charge is 0.351 e. The smallest absolute Gasteiger partial charge is 0.272 e. The van der Waals surface area contributed by atoms with Crippen molar-refractivity contribution < 1.29 is 32.0 Å². The highest BCUT2D eigenvalue weighted by molar-refractivity contribution is 7.75. The summed E-state index contributed by atoms with van der Waals surface area (Å²) in [5, 5.41) is 0.613. The average Bonchev–Trinajstić information content (AvgIpc) is 2.79. The molecule has 0 aromatic heterocycles. The van der Waals surface area contributed by atoms with Crippen LogP contribution in [-0.2, 0) is 39.1 Å². The maximum Gasteiger partial charge on any atom is 0.351 e. The lowest BCUT2D eigenvalue weighted by atomic mass is 10.4. The summed E-state index contributed by atoms with van der Waals surface area (Å²) in [5.41, 5.74) is 0. The number of hydroxylamine groups is 4. The second kappa shape index (κ2) is 4.92. The molecule has 0 saturated carbocycles. The van der Waals surface area contributed by atoms with Crippen LogP contribution in [0.15, 0.2) is 0 Å². The van der Waals surface area contributed by atoms with Crippen LogP contribution in [0.4, 0.5) is 0 Å². The molecular weight excluding hydrogens is 268 g/mol. The Labute approximate surface area is 103 Å². The van der Waals surface area contributed by atoms with Crippen LogP contribution < -0.4 is 0 Å². The van der Waals surface area contributed by atoms with Gasteiger partial charge in [0.1, 0.15) is 0 Å². The standard InChI is InChI=1S/C8H8N2O7S/c11-5-1-2-6(12)9(5)16-18(15)17-10-7(13)3-4-8(10)14/h1-4H2. The van der Waals surface area contributed by atoms with Gasteiger partial charge in [0.15, 0.2) is 0 Å². The van der Waals surface area contributed by atoms with E-state index < -0.39 is 35.0 Å². The lowest BCUT2D eigenvalue weighted by Gasteiger charge is -2.14. The van der Waals surface area contributed by atoms with Crippen molar-refractivity contribution in [1.82, 2.24) is 10.1 Å². The van der Waals surface area contributed by atoms with E-state index in [4.69, 9.17) is 0 Å². The van der Waals surface area contributed by atoms with Crippen LogP contribution in [0.5, 0.6) is 0 Å². The van der Waals surface area contributed by atoms with Gasteiger partial charge in [-0.1, -0.05) is 0 Å². The number of carbonyl (C=O) groups is 4. The van der Waals surface area contributed by atoms with Crippen LogP contribution in [0.3, 0.4) is 0 Å². The first kappa shape index (κ1) is 12.8. The van der Waals surface area contributed by atoms with Crippen molar-refractivity contribution in [3.8, 4) is 0 Å². The van der Waals surface area contributed by atoms with E-state index in [1.54, 1.807) is 0 Å². The molecule has 0 atom stereocenters. The Morgan fingerprint density at radius 2 is 1.00 bits per heavy atom. The Hall–Kier alpha value is -1.65. The zero-order chi connectivity index (χ0) is 13.3. The van der Waals surface area contributed by atoms with Crippen molar-refractivity contribution in [1.29, 1.82) is 0 Å². The molecule has 2 aliphatic rings. The third-order valence-electron chi connectivity index (χ3n) is 2.28. The monoisotopic (exact) mass is 276 g/mol. The molecule has 2 saturated heterocycles. The molecule has 18 heavy (non-hydrogen) atoms. The van der Waals surface area contributed by atoms with Crippen LogP contribution >= 0.6 is 0 Å². The van der Waals surface area contributed by atoms with Crippen molar-refractivity contribution in [2.75, 3.05) is 0 Å². The summed E-state index contributed by atoms with van der Waals surface area (Å²) in [4.78, 5) is 44.5. The molecule has 4 amide bonds. The van der Waals surface area contributed by atoms with Gasteiger partial charge in [0.05, 0.1) is 0 Å². The summed E-state index contributed by atoms with van der Waals surface area (Å²) in [6.07, 6.45) is -0.176. The van der Waals surface area contributed by atoms with Crippen LogP contribution in [-0.4, -0.2) is 38.0 Å². The topological polar surface area (TPSA) is 110 Å². The first-order valence-electron chi connectivity index (χ1n) is 4.99. The fraction of sp³-hybridized carbons (Fsp3) is 0.500. The lowest BCUT2D eigenvalue weighted by molar-refractivity contribution is -0.172. The van der Waals surface area contributed by atoms with E-state index in [2.05, 4.69) is 8.57 Å². The average molecular weight is 276 g/mol. The van der Waals surface area contributed by atoms with Gasteiger partial charge in [-0.2, -0.15) is 4.21 Å². The molecule has 9 nitrogen and oxygen atoms in total. The molecule has 0 aliphatic carbocycles. The lowest BCUT2D eigenvalue weighted by Crippen LogP contribution is -2.35. The van der Waals surface area contributed by atoms with E-state index in [1.165, 1.54) is 0 Å². The molecule has 10 heteroatoms. The quantitative estimate of drug-likeness (QED) is 0.588. The van der Waals surface area contributed by atoms with E-state index in [0.29, 0.717) is 10.1 Å². The van der Waals surface area contributed by atoms with Crippen LogP contribution in [0, 0.1) is 0 Å². The third-order valence-corrected chi connectivity index (χ3v) is 2.82. The van der Waals surface area contributed by atoms with Crippen molar-refractivity contribution in [3.63, 3.8) is 0 Å². The highest BCUT2D eigenvalue weighted by Gasteiger charge is 2.36. The van der Waals surface area contributed by atoms with Crippen molar-refractivity contribution in [2.24, 2.45) is 0 Å². The summed E-state index contributed by atoms with van der Waals surface area (Å²) in [7, 11) is 0. The van der Waals surface area contributed by atoms with E-state index in [9.17, 15) is 23.4 Å². The summed E-state index contributed by atoms with van der Waals surface area (Å²) in [6.45, 7) is 0. The van der Waals surface area contributed by atoms with Gasteiger partial charge in [0.2, 0.25) is 0 Å². The summed E-state index contributed by atoms with van der Waals surface area (Å²) >= 11 is -2.61. The fourth-order valence-electron chi connectivity index (χ4n) is 1.41. The van der Waals surface area contributed by atoms with Crippen LogP contribution in [0.25, 0.3) is 0 Å². The Morgan fingerprint density at radius 1 is 0.722 bits per heavy atom. The molecule has 0 unspecified atom stereocenters. The minimum atomic E-state index is -2.61. The molecule has 0 spiro atoms. The van der Waals surface area contributed by atoms with Gasteiger partial charge in [-0.3, -0.25) is 19.2 Å². The van der Waals surface area contributed by atoms with E-state index >= 15 is 0 Å². The molecule has 0 bridgehead atoms. The maximum atomic E-state index is 11.3. The van der Waals surface area contributed by atoms with Crippen molar-refractivity contribution >= 4 is 35.0 Å². The molecule has 0 aromatic carbocycles. The predicted octanol–water partition coefficient (Wildman–Crippen LogP) is -1.27. The molecule has 0 radical (unpaired) electrons. The highest BCUT2D eigenvalue weighted by Crippen LogP contribution is 2.16. The number of carbonyl (C=O) groups excluding carboxylic acids is 4. The zero-order valence-corrected chi connectivity index (χ0v) is 9.81. The maximum absolute atomic E-state index is 11.3. The second-order valence-corrected chi connectivity index (χ2v) is 4.22. The number of hydrogen-bond donors (Lipinski definition) is 0. The van der Waals surface area contributed by atoms with Crippen molar-refractivity contribution in [3.05, 3.63) is 0 Å². The number of nitrogens with zero attached hydrogens (tertiary/aromatic N) is 2. The molecular formula is C8H8N2O7S. The first-order valence-corrected chi connectivity index (χ1v) is 5.99. The Kier molecular flexibility index (Phi) is 3.50. The van der Waals surface area contributed by atoms with Crippen LogP contribution in [0.1, 0.15) is 25.7 Å². The molecule has 0 N–H and O–H groups in total. The van der Waals surface area contributed by atoms with Gasteiger partial charge < -0.3 is 0 Å². The van der Waals surface area contributed by atoms with Crippen LogP contribution in [0.2, 0.25) is 0 Å². The zero-order valence-electron chi connectivity index (χ0n) is 8.99. The summed E-state index contributed by atoms with van der Waals surface area (Å²) in [5.74, 6) is -2.63. The van der Waals surface area contributed by atoms with Gasteiger partial charge >= 0.3 is 11.4 Å². The summed E-state index contributed by atoms with van der Waals surface area (Å²) in [6, 6.07) is 0. The SMILES string of the molecule is O=C1CCC(=O)N1OS(=O)ON1C(=O)CCC1=O. The first-order chi connectivity index (χ1) is 8.49. The predicted molar refractivity (Wildman–Crippen MR) is 52.5 cm³/mol. The van der Waals surface area contributed by atoms with E-state index in [-0.39, 0.29) is 25.7 Å². The molecule has 2 rings (SSSR count). The van der Waals surface area contributed by atoms with Gasteiger partial charge in [-0.05, 0) is 0 Å². The highest BCUT2D eigenvalue weighted by atomic mass is 32.2. The second-order valence-electron chi connectivity index (χ2n) is 3.52. The number of imide groups is 2. The molecule has 0 aromatic rings. The van der Waals surface area contributed by atoms with Crippen molar-refractivity contribution in [2.45, 2.75) is 25.7 Å². The number of amides is 4. The molecule has 2 aliphatic heterocycles. The third kappa shape index (κ3) is 2.44. The number of hydrogen-bond acceptors (Lipinski definition) is 7. The van der Waals surface area contributed by atoms with Gasteiger partial charge in [0, 0.05) is 25.7 Å². The normalized spacial score (nSPS) is 20.7. The number of rotatable bonds is 4. The van der Waals surface area contributed by atoms with Gasteiger partial charge in [-0.25, -0.2) is 0 Å². The Balaban J connectivity index is 1.93. The fourth-order valence-corrected chi connectivity index (χ4v) is 2.02. The Bertz CT molecular complexity index is 390. The van der Waals surface area contributed by atoms with Gasteiger partial charge in [-0.15, -0.1) is 18.7 Å². The molecule has 2 fully saturated rings. The van der Waals surface area contributed by atoms with E-state index in [1.807, 2.05) is 0 Å². The minimum Gasteiger partial charge on any atom is -0.272 e. The minimum absolute atomic E-state index is 0.0440. The molecule has 2 heterocycles. The van der Waals surface area contributed by atoms with Gasteiger partial charge in [0.25, 0.3) is 23.6 Å². The Morgan fingerprint density at radius 3 is 1.28 bits per heavy atom.